The summed E-state index contributed by atoms with van der Waals surface area (Å²) in [5.41, 5.74) is 3.72. The van der Waals surface area contributed by atoms with Gasteiger partial charge in [0, 0.05) is 5.56 Å². The molecule has 0 radical (unpaired) electrons. The SMILES string of the molecule is C=CC(=O)Nc1ccc(-c2ccc(-c3ccc(CCCCC)cc3)cc2F)cc1F. The van der Waals surface area contributed by atoms with E-state index in [0.29, 0.717) is 11.1 Å². The number of carbonyl (C=O) groups is 1. The lowest BCUT2D eigenvalue weighted by molar-refractivity contribution is -0.111. The van der Waals surface area contributed by atoms with Crippen molar-refractivity contribution in [2.24, 2.45) is 0 Å². The summed E-state index contributed by atoms with van der Waals surface area (Å²) in [6, 6.07) is 17.3. The first-order valence-corrected chi connectivity index (χ1v) is 10.1. The lowest BCUT2D eigenvalue weighted by Crippen LogP contribution is -2.08. The molecular weight excluding hydrogens is 380 g/mol. The van der Waals surface area contributed by atoms with Crippen LogP contribution < -0.4 is 5.32 Å². The molecule has 1 N–H and O–H groups in total. The Hall–Kier alpha value is -3.27. The molecule has 0 bridgehead atoms. The average molecular weight is 405 g/mol. The molecule has 0 aliphatic carbocycles. The molecule has 0 unspecified atom stereocenters. The summed E-state index contributed by atoms with van der Waals surface area (Å²) in [6.45, 7) is 5.52. The quantitative estimate of drug-likeness (QED) is 0.313. The Morgan fingerprint density at radius 1 is 0.900 bits per heavy atom. The van der Waals surface area contributed by atoms with Crippen molar-refractivity contribution in [2.45, 2.75) is 32.6 Å². The van der Waals surface area contributed by atoms with Gasteiger partial charge in [-0.25, -0.2) is 8.78 Å². The van der Waals surface area contributed by atoms with Crippen LogP contribution in [-0.2, 0) is 11.2 Å². The number of hydrogen-bond acceptors (Lipinski definition) is 1. The van der Waals surface area contributed by atoms with Crippen LogP contribution in [0.15, 0.2) is 73.3 Å². The van der Waals surface area contributed by atoms with E-state index in [1.165, 1.54) is 43.0 Å². The molecule has 0 heterocycles. The van der Waals surface area contributed by atoms with Crippen molar-refractivity contribution >= 4 is 11.6 Å². The largest absolute Gasteiger partial charge is 0.320 e. The van der Waals surface area contributed by atoms with Gasteiger partial charge in [0.05, 0.1) is 5.69 Å². The summed E-state index contributed by atoms with van der Waals surface area (Å²) < 4.78 is 29.1. The predicted molar refractivity (Wildman–Crippen MR) is 119 cm³/mol. The van der Waals surface area contributed by atoms with Crippen LogP contribution in [-0.4, -0.2) is 5.91 Å². The van der Waals surface area contributed by atoms with Gasteiger partial charge in [-0.2, -0.15) is 0 Å². The maximum Gasteiger partial charge on any atom is 0.247 e. The van der Waals surface area contributed by atoms with Crippen molar-refractivity contribution in [1.29, 1.82) is 0 Å². The van der Waals surface area contributed by atoms with Gasteiger partial charge < -0.3 is 5.32 Å². The monoisotopic (exact) mass is 405 g/mol. The fraction of sp³-hybridized carbons (Fsp3) is 0.192. The Balaban J connectivity index is 1.79. The molecule has 3 aromatic carbocycles. The first-order valence-electron chi connectivity index (χ1n) is 10.1. The molecule has 3 rings (SSSR count). The minimum atomic E-state index is -0.634. The van der Waals surface area contributed by atoms with Gasteiger partial charge >= 0.3 is 0 Å². The van der Waals surface area contributed by atoms with Gasteiger partial charge in [-0.3, -0.25) is 4.79 Å². The molecular formula is C26H25F2NO. The molecule has 0 aromatic heterocycles. The van der Waals surface area contributed by atoms with Crippen molar-refractivity contribution in [3.8, 4) is 22.3 Å². The van der Waals surface area contributed by atoms with Crippen LogP contribution in [0.25, 0.3) is 22.3 Å². The zero-order valence-corrected chi connectivity index (χ0v) is 17.1. The number of halogens is 2. The van der Waals surface area contributed by atoms with E-state index in [4.69, 9.17) is 0 Å². The number of nitrogens with one attached hydrogen (secondary N) is 1. The van der Waals surface area contributed by atoms with Crippen LogP contribution in [0.3, 0.4) is 0 Å². The molecule has 3 aromatic rings. The fourth-order valence-electron chi connectivity index (χ4n) is 3.34. The molecule has 0 atom stereocenters. The zero-order chi connectivity index (χ0) is 21.5. The van der Waals surface area contributed by atoms with Crippen LogP contribution in [0.1, 0.15) is 31.7 Å². The standard InChI is InChI=1S/C26H25F2NO/c1-3-5-6-7-18-8-10-19(11-9-18)20-12-14-22(23(27)16-20)21-13-15-25(24(28)17-21)29-26(30)4-2/h4,8-17H,2-3,5-7H2,1H3,(H,29,30). The lowest BCUT2D eigenvalue weighted by Gasteiger charge is -2.10. The van der Waals surface area contributed by atoms with E-state index in [1.807, 2.05) is 18.2 Å². The normalized spacial score (nSPS) is 10.6. The third kappa shape index (κ3) is 5.20. The van der Waals surface area contributed by atoms with E-state index < -0.39 is 17.5 Å². The van der Waals surface area contributed by atoms with Crippen molar-refractivity contribution < 1.29 is 13.6 Å². The van der Waals surface area contributed by atoms with E-state index in [-0.39, 0.29) is 5.69 Å². The van der Waals surface area contributed by atoms with Crippen LogP contribution in [0.2, 0.25) is 0 Å². The maximum absolute atomic E-state index is 14.8. The summed E-state index contributed by atoms with van der Waals surface area (Å²) in [4.78, 5) is 11.3. The highest BCUT2D eigenvalue weighted by Crippen LogP contribution is 2.30. The Morgan fingerprint density at radius 2 is 1.57 bits per heavy atom. The van der Waals surface area contributed by atoms with Gasteiger partial charge in [0.15, 0.2) is 0 Å². The Morgan fingerprint density at radius 3 is 2.20 bits per heavy atom. The van der Waals surface area contributed by atoms with Crippen LogP contribution in [0.4, 0.5) is 14.5 Å². The van der Waals surface area contributed by atoms with Gasteiger partial charge in [-0.1, -0.05) is 68.8 Å². The van der Waals surface area contributed by atoms with E-state index in [2.05, 4.69) is 31.0 Å². The number of amides is 1. The summed E-state index contributed by atoms with van der Waals surface area (Å²) >= 11 is 0. The molecule has 0 aliphatic heterocycles. The van der Waals surface area contributed by atoms with Crippen molar-refractivity contribution in [3.05, 3.63) is 90.5 Å². The number of unbranched alkanes of at least 4 members (excludes halogenated alkanes) is 2. The molecule has 30 heavy (non-hydrogen) atoms. The van der Waals surface area contributed by atoms with Gasteiger partial charge in [0.1, 0.15) is 11.6 Å². The average Bonchev–Trinajstić information content (AvgIpc) is 2.75. The summed E-state index contributed by atoms with van der Waals surface area (Å²) in [5.74, 6) is -1.57. The minimum absolute atomic E-state index is 0.0275. The molecule has 0 fully saturated rings. The Labute approximate surface area is 176 Å². The number of rotatable bonds is 8. The number of hydrogen-bond donors (Lipinski definition) is 1. The third-order valence-electron chi connectivity index (χ3n) is 5.05. The van der Waals surface area contributed by atoms with Crippen LogP contribution in [0.5, 0.6) is 0 Å². The third-order valence-corrected chi connectivity index (χ3v) is 5.05. The first kappa shape index (κ1) is 21.4. The Kier molecular flexibility index (Phi) is 7.12. The van der Waals surface area contributed by atoms with Crippen molar-refractivity contribution in [1.82, 2.24) is 0 Å². The molecule has 154 valence electrons. The lowest BCUT2D eigenvalue weighted by atomic mass is 9.98. The highest BCUT2D eigenvalue weighted by atomic mass is 19.1. The summed E-state index contributed by atoms with van der Waals surface area (Å²) in [6.07, 6.45) is 5.70. The van der Waals surface area contributed by atoms with E-state index in [0.717, 1.165) is 23.6 Å². The highest BCUT2D eigenvalue weighted by Gasteiger charge is 2.11. The zero-order valence-electron chi connectivity index (χ0n) is 17.1. The van der Waals surface area contributed by atoms with Crippen molar-refractivity contribution in [3.63, 3.8) is 0 Å². The van der Waals surface area contributed by atoms with Gasteiger partial charge in [-0.05, 0) is 59.4 Å². The summed E-state index contributed by atoms with van der Waals surface area (Å²) in [5, 5.41) is 2.38. The second kappa shape index (κ2) is 9.97. The van der Waals surface area contributed by atoms with Gasteiger partial charge in [-0.15, -0.1) is 0 Å². The number of aryl methyl sites for hydroxylation is 1. The van der Waals surface area contributed by atoms with Crippen LogP contribution in [0, 0.1) is 11.6 Å². The van der Waals surface area contributed by atoms with Gasteiger partial charge in [0.25, 0.3) is 0 Å². The first-order chi connectivity index (χ1) is 14.5. The van der Waals surface area contributed by atoms with Gasteiger partial charge in [0.2, 0.25) is 5.91 Å². The number of benzene rings is 3. The highest BCUT2D eigenvalue weighted by molar-refractivity contribution is 5.99. The molecule has 2 nitrogen and oxygen atoms in total. The number of anilines is 1. The maximum atomic E-state index is 14.8. The van der Waals surface area contributed by atoms with E-state index in [1.54, 1.807) is 12.1 Å². The molecule has 4 heteroatoms. The predicted octanol–water partition coefficient (Wildman–Crippen LogP) is 7.16. The molecule has 0 spiro atoms. The van der Waals surface area contributed by atoms with E-state index >= 15 is 0 Å². The second-order valence-electron chi connectivity index (χ2n) is 7.24. The number of carbonyl (C=O) groups excluding carboxylic acids is 1. The molecule has 0 saturated carbocycles. The smallest absolute Gasteiger partial charge is 0.247 e. The van der Waals surface area contributed by atoms with Crippen molar-refractivity contribution in [2.75, 3.05) is 5.32 Å². The van der Waals surface area contributed by atoms with E-state index in [9.17, 15) is 13.6 Å². The second-order valence-corrected chi connectivity index (χ2v) is 7.24. The fourth-order valence-corrected chi connectivity index (χ4v) is 3.34. The summed E-state index contributed by atoms with van der Waals surface area (Å²) in [7, 11) is 0. The topological polar surface area (TPSA) is 29.1 Å². The Bertz CT molecular complexity index is 1040. The molecule has 1 amide bonds. The molecule has 0 aliphatic rings. The van der Waals surface area contributed by atoms with Crippen LogP contribution >= 0.6 is 0 Å². The molecule has 0 saturated heterocycles. The minimum Gasteiger partial charge on any atom is -0.320 e.